The highest BCUT2D eigenvalue weighted by atomic mass is 14.3. The molecule has 57 valence electrons. The van der Waals surface area contributed by atoms with Crippen molar-refractivity contribution >= 4 is 0 Å². The summed E-state index contributed by atoms with van der Waals surface area (Å²) in [6.07, 6.45) is 13.0. The summed E-state index contributed by atoms with van der Waals surface area (Å²) in [5, 5.41) is 0. The van der Waals surface area contributed by atoms with E-state index in [1.54, 1.807) is 0 Å². The van der Waals surface area contributed by atoms with E-state index in [-0.39, 0.29) is 0 Å². The highest BCUT2D eigenvalue weighted by Gasteiger charge is 2.27. The number of rotatable bonds is 1. The molecule has 0 N–H and O–H groups in total. The highest BCUT2D eigenvalue weighted by Crippen LogP contribution is 2.40. The first-order valence-electron chi connectivity index (χ1n) is 4.80. The summed E-state index contributed by atoms with van der Waals surface area (Å²) < 4.78 is 0. The van der Waals surface area contributed by atoms with Crippen molar-refractivity contribution in [3.63, 3.8) is 0 Å². The molecule has 0 aromatic heterocycles. The molecule has 2 fully saturated rings. The van der Waals surface area contributed by atoms with Gasteiger partial charge in [0.05, 0.1) is 0 Å². The Labute approximate surface area is 64.0 Å². The predicted molar refractivity (Wildman–Crippen MR) is 43.6 cm³/mol. The van der Waals surface area contributed by atoms with Gasteiger partial charge < -0.3 is 0 Å². The molecule has 0 aromatic carbocycles. The summed E-state index contributed by atoms with van der Waals surface area (Å²) in [5.41, 5.74) is 0. The number of hydrogen-bond donors (Lipinski definition) is 0. The Kier molecular flexibility index (Phi) is 1.97. The van der Waals surface area contributed by atoms with Gasteiger partial charge in [0.2, 0.25) is 0 Å². The van der Waals surface area contributed by atoms with Crippen molar-refractivity contribution in [2.24, 2.45) is 11.8 Å². The second-order valence-corrected chi connectivity index (χ2v) is 3.87. The lowest BCUT2D eigenvalue weighted by atomic mass is 9.70. The summed E-state index contributed by atoms with van der Waals surface area (Å²) in [5.74, 6) is 2.14. The van der Waals surface area contributed by atoms with Crippen LogP contribution >= 0.6 is 0 Å². The molecule has 2 saturated carbocycles. The van der Waals surface area contributed by atoms with Crippen LogP contribution in [0.1, 0.15) is 44.9 Å². The molecule has 10 heavy (non-hydrogen) atoms. The molecule has 0 amide bonds. The van der Waals surface area contributed by atoms with Gasteiger partial charge in [-0.3, -0.25) is 0 Å². The molecule has 1 unspecified atom stereocenters. The third-order valence-corrected chi connectivity index (χ3v) is 3.22. The van der Waals surface area contributed by atoms with Crippen LogP contribution in [0, 0.1) is 18.3 Å². The van der Waals surface area contributed by atoms with E-state index >= 15 is 0 Å². The van der Waals surface area contributed by atoms with Gasteiger partial charge in [-0.25, -0.2) is 0 Å². The summed E-state index contributed by atoms with van der Waals surface area (Å²) in [6, 6.07) is 0. The smallest absolute Gasteiger partial charge is 0.0352 e. The lowest BCUT2D eigenvalue weighted by molar-refractivity contribution is 0.201. The molecular weight excluding hydrogens is 120 g/mol. The molecule has 0 spiro atoms. The van der Waals surface area contributed by atoms with Crippen LogP contribution in [-0.2, 0) is 0 Å². The SMILES string of the molecule is [CH]1CCCCC1C1CCC1. The van der Waals surface area contributed by atoms with Crippen molar-refractivity contribution in [1.82, 2.24) is 0 Å². The fourth-order valence-electron chi connectivity index (χ4n) is 2.27. The van der Waals surface area contributed by atoms with Crippen molar-refractivity contribution in [1.29, 1.82) is 0 Å². The molecule has 1 radical (unpaired) electrons. The zero-order valence-corrected chi connectivity index (χ0v) is 6.68. The maximum absolute atomic E-state index is 2.59. The monoisotopic (exact) mass is 137 g/mol. The summed E-state index contributed by atoms with van der Waals surface area (Å²) in [4.78, 5) is 0. The van der Waals surface area contributed by atoms with E-state index in [2.05, 4.69) is 6.42 Å². The molecular formula is C10H17. The molecule has 0 saturated heterocycles. The average Bonchev–Trinajstić information content (AvgIpc) is 1.86. The van der Waals surface area contributed by atoms with Gasteiger partial charge in [0.1, 0.15) is 0 Å². The topological polar surface area (TPSA) is 0 Å². The van der Waals surface area contributed by atoms with Crippen LogP contribution in [0.3, 0.4) is 0 Å². The molecule has 2 aliphatic carbocycles. The Morgan fingerprint density at radius 3 is 2.30 bits per heavy atom. The fraction of sp³-hybridized carbons (Fsp3) is 0.900. The van der Waals surface area contributed by atoms with Crippen LogP contribution in [0.15, 0.2) is 0 Å². The van der Waals surface area contributed by atoms with Gasteiger partial charge >= 0.3 is 0 Å². The molecule has 0 bridgehead atoms. The van der Waals surface area contributed by atoms with Gasteiger partial charge in [-0.2, -0.15) is 0 Å². The third-order valence-electron chi connectivity index (χ3n) is 3.22. The molecule has 0 heterocycles. The molecule has 2 aliphatic rings. The standard InChI is InChI=1S/C10H17/c1-2-5-9(6-3-1)10-7-4-8-10/h5,9-10H,1-4,6-8H2. The second-order valence-electron chi connectivity index (χ2n) is 3.87. The first kappa shape index (κ1) is 6.69. The van der Waals surface area contributed by atoms with Gasteiger partial charge in [-0.1, -0.05) is 32.1 Å². The largest absolute Gasteiger partial charge is 0.0530 e. The Morgan fingerprint density at radius 1 is 0.900 bits per heavy atom. The quantitative estimate of drug-likeness (QED) is 0.520. The van der Waals surface area contributed by atoms with Gasteiger partial charge in [0.15, 0.2) is 0 Å². The first-order chi connectivity index (χ1) is 4.97. The summed E-state index contributed by atoms with van der Waals surface area (Å²) >= 11 is 0. The van der Waals surface area contributed by atoms with Crippen LogP contribution in [0.5, 0.6) is 0 Å². The van der Waals surface area contributed by atoms with Gasteiger partial charge in [-0.05, 0) is 31.1 Å². The minimum Gasteiger partial charge on any atom is -0.0530 e. The molecule has 0 nitrogen and oxygen atoms in total. The molecule has 0 aromatic rings. The third kappa shape index (κ3) is 1.21. The Bertz CT molecular complexity index is 96.6. The van der Waals surface area contributed by atoms with E-state index in [1.807, 2.05) is 0 Å². The zero-order chi connectivity index (χ0) is 6.81. The average molecular weight is 137 g/mol. The maximum atomic E-state index is 2.59. The first-order valence-corrected chi connectivity index (χ1v) is 4.80. The maximum Gasteiger partial charge on any atom is -0.0352 e. The van der Waals surface area contributed by atoms with Crippen molar-refractivity contribution in [2.75, 3.05) is 0 Å². The Hall–Kier alpha value is 0. The van der Waals surface area contributed by atoms with Crippen molar-refractivity contribution in [2.45, 2.75) is 44.9 Å². The van der Waals surface area contributed by atoms with Crippen LogP contribution < -0.4 is 0 Å². The van der Waals surface area contributed by atoms with Crippen LogP contribution in [0.25, 0.3) is 0 Å². The van der Waals surface area contributed by atoms with Crippen molar-refractivity contribution in [3.8, 4) is 0 Å². The highest BCUT2D eigenvalue weighted by molar-refractivity contribution is 4.89. The van der Waals surface area contributed by atoms with E-state index in [0.29, 0.717) is 0 Å². The van der Waals surface area contributed by atoms with E-state index in [0.717, 1.165) is 11.8 Å². The normalized spacial score (nSPS) is 30.0. The van der Waals surface area contributed by atoms with Gasteiger partial charge in [-0.15, -0.1) is 0 Å². The Balaban J connectivity index is 1.78. The van der Waals surface area contributed by atoms with E-state index in [4.69, 9.17) is 0 Å². The van der Waals surface area contributed by atoms with Crippen LogP contribution in [-0.4, -0.2) is 0 Å². The van der Waals surface area contributed by atoms with E-state index < -0.39 is 0 Å². The van der Waals surface area contributed by atoms with Gasteiger partial charge in [0.25, 0.3) is 0 Å². The van der Waals surface area contributed by atoms with Crippen molar-refractivity contribution < 1.29 is 0 Å². The minimum absolute atomic E-state index is 1.03. The summed E-state index contributed by atoms with van der Waals surface area (Å²) in [6.45, 7) is 0. The second kappa shape index (κ2) is 2.94. The fourth-order valence-corrected chi connectivity index (χ4v) is 2.27. The minimum atomic E-state index is 1.03. The Morgan fingerprint density at radius 2 is 1.80 bits per heavy atom. The van der Waals surface area contributed by atoms with Crippen molar-refractivity contribution in [3.05, 3.63) is 6.42 Å². The van der Waals surface area contributed by atoms with E-state index in [9.17, 15) is 0 Å². The molecule has 1 atom stereocenters. The predicted octanol–water partition coefficient (Wildman–Crippen LogP) is 3.18. The summed E-state index contributed by atoms with van der Waals surface area (Å²) in [7, 11) is 0. The lowest BCUT2D eigenvalue weighted by Crippen LogP contribution is -2.24. The van der Waals surface area contributed by atoms with Crippen LogP contribution in [0.4, 0.5) is 0 Å². The molecule has 0 aliphatic heterocycles. The van der Waals surface area contributed by atoms with Crippen LogP contribution in [0.2, 0.25) is 0 Å². The van der Waals surface area contributed by atoms with Gasteiger partial charge in [0, 0.05) is 0 Å². The lowest BCUT2D eigenvalue weighted by Gasteiger charge is -2.35. The zero-order valence-electron chi connectivity index (χ0n) is 6.68. The number of hydrogen-bond acceptors (Lipinski definition) is 0. The van der Waals surface area contributed by atoms with E-state index in [1.165, 1.54) is 44.9 Å². The molecule has 2 rings (SSSR count). The molecule has 0 heteroatoms.